The summed E-state index contributed by atoms with van der Waals surface area (Å²) in [7, 11) is 0. The number of hydrogen-bond donors (Lipinski definition) is 3. The Bertz CT molecular complexity index is 661. The number of benzene rings is 1. The number of rotatable bonds is 3. The molecule has 4 amide bonds. The van der Waals surface area contributed by atoms with Crippen LogP contribution in [0.4, 0.5) is 10.5 Å². The number of nitrogens with one attached hydrogen (secondary N) is 2. The molecule has 8 nitrogen and oxygen atoms in total. The molecule has 4 N–H and O–H groups in total. The number of carbonyl (C=O) groups is 4. The molecule has 0 aliphatic carbocycles. The molecular formula is C13H13N3O5S. The zero-order valence-corrected chi connectivity index (χ0v) is 12.4. The van der Waals surface area contributed by atoms with Crippen LogP contribution in [0.15, 0.2) is 23.1 Å². The van der Waals surface area contributed by atoms with Gasteiger partial charge >= 0.3 is 12.0 Å². The van der Waals surface area contributed by atoms with E-state index < -0.39 is 24.0 Å². The zero-order chi connectivity index (χ0) is 16.3. The molecule has 1 aliphatic rings. The summed E-state index contributed by atoms with van der Waals surface area (Å²) in [6, 6.07) is 3.66. The first-order valence-corrected chi connectivity index (χ1v) is 7.23. The minimum absolute atomic E-state index is 0.155. The molecule has 0 saturated heterocycles. The fourth-order valence-corrected chi connectivity index (χ4v) is 2.50. The minimum atomic E-state index is -1.18. The molecule has 0 radical (unpaired) electrons. The molecule has 1 aromatic carbocycles. The quantitative estimate of drug-likeness (QED) is 0.694. The Balaban J connectivity index is 2.07. The van der Waals surface area contributed by atoms with Crippen molar-refractivity contribution in [1.29, 1.82) is 0 Å². The number of carbonyl (C=O) groups excluding carboxylic acids is 4. The van der Waals surface area contributed by atoms with Gasteiger partial charge in [-0.15, -0.1) is 11.8 Å². The fraction of sp³-hybridized carbons (Fsp3) is 0.231. The zero-order valence-electron chi connectivity index (χ0n) is 11.5. The summed E-state index contributed by atoms with van der Waals surface area (Å²) >= 11 is 1.36. The summed E-state index contributed by atoms with van der Waals surface area (Å²) < 4.78 is 4.94. The van der Waals surface area contributed by atoms with Gasteiger partial charge in [-0.1, -0.05) is 0 Å². The predicted molar refractivity (Wildman–Crippen MR) is 78.4 cm³/mol. The van der Waals surface area contributed by atoms with Crippen LogP contribution in [0, 0.1) is 0 Å². The van der Waals surface area contributed by atoms with Gasteiger partial charge in [0.2, 0.25) is 5.91 Å². The topological polar surface area (TPSA) is 128 Å². The van der Waals surface area contributed by atoms with Crippen molar-refractivity contribution in [1.82, 2.24) is 5.32 Å². The Kier molecular flexibility index (Phi) is 4.66. The third kappa shape index (κ3) is 3.76. The van der Waals surface area contributed by atoms with Crippen molar-refractivity contribution >= 4 is 41.3 Å². The van der Waals surface area contributed by atoms with Crippen LogP contribution >= 0.6 is 11.8 Å². The molecule has 0 aromatic heterocycles. The highest BCUT2D eigenvalue weighted by atomic mass is 32.2. The van der Waals surface area contributed by atoms with Gasteiger partial charge in [0.05, 0.1) is 17.0 Å². The second-order valence-electron chi connectivity index (χ2n) is 4.45. The van der Waals surface area contributed by atoms with Gasteiger partial charge in [0.25, 0.3) is 5.91 Å². The Morgan fingerprint density at radius 2 is 2.14 bits per heavy atom. The van der Waals surface area contributed by atoms with E-state index in [1.807, 2.05) is 5.32 Å². The third-order valence-electron chi connectivity index (χ3n) is 2.75. The lowest BCUT2D eigenvalue weighted by atomic mass is 10.2. The lowest BCUT2D eigenvalue weighted by Gasteiger charge is -2.17. The summed E-state index contributed by atoms with van der Waals surface area (Å²) in [5, 5.41) is 4.47. The predicted octanol–water partition coefficient (Wildman–Crippen LogP) is 0.471. The second kappa shape index (κ2) is 6.48. The standard InChI is InChI=1S/C13H13N3O5S/c1-6(11(18)16-13(14)20)21-12(19)7-2-3-9-8(4-7)15-10(17)5-22-9/h2-4,6H,5H2,1H3,(H,15,17)(H3,14,16,18,20). The fourth-order valence-electron chi connectivity index (χ4n) is 1.72. The van der Waals surface area contributed by atoms with Gasteiger partial charge in [-0.25, -0.2) is 9.59 Å². The van der Waals surface area contributed by atoms with E-state index in [1.54, 1.807) is 6.07 Å². The number of fused-ring (bicyclic) bond motifs is 1. The van der Waals surface area contributed by atoms with E-state index >= 15 is 0 Å². The maximum atomic E-state index is 12.0. The second-order valence-corrected chi connectivity index (χ2v) is 5.47. The van der Waals surface area contributed by atoms with E-state index in [0.717, 1.165) is 4.90 Å². The van der Waals surface area contributed by atoms with Crippen molar-refractivity contribution in [3.05, 3.63) is 23.8 Å². The van der Waals surface area contributed by atoms with E-state index in [0.29, 0.717) is 11.4 Å². The highest BCUT2D eigenvalue weighted by Crippen LogP contribution is 2.32. The molecule has 1 aromatic rings. The molecule has 1 atom stereocenters. The number of nitrogens with two attached hydrogens (primary N) is 1. The Labute approximate surface area is 129 Å². The number of hydrogen-bond acceptors (Lipinski definition) is 6. The largest absolute Gasteiger partial charge is 0.449 e. The molecule has 0 fully saturated rings. The van der Waals surface area contributed by atoms with Crippen LogP contribution in [0.5, 0.6) is 0 Å². The lowest BCUT2D eigenvalue weighted by Crippen LogP contribution is -2.42. The molecule has 1 aliphatic heterocycles. The van der Waals surface area contributed by atoms with E-state index in [4.69, 9.17) is 10.5 Å². The van der Waals surface area contributed by atoms with Crippen LogP contribution in [-0.4, -0.2) is 35.7 Å². The van der Waals surface area contributed by atoms with Crippen molar-refractivity contribution in [3.8, 4) is 0 Å². The Hall–Kier alpha value is -2.55. The molecule has 0 spiro atoms. The first-order valence-electron chi connectivity index (χ1n) is 6.25. The lowest BCUT2D eigenvalue weighted by molar-refractivity contribution is -0.127. The molecule has 116 valence electrons. The first-order chi connectivity index (χ1) is 10.4. The van der Waals surface area contributed by atoms with Gasteiger partial charge in [0, 0.05) is 4.90 Å². The third-order valence-corrected chi connectivity index (χ3v) is 3.82. The molecule has 1 heterocycles. The molecule has 1 unspecified atom stereocenters. The van der Waals surface area contributed by atoms with Crippen LogP contribution in [-0.2, 0) is 14.3 Å². The molecule has 22 heavy (non-hydrogen) atoms. The summed E-state index contributed by atoms with van der Waals surface area (Å²) in [5.74, 6) is -1.40. The molecular weight excluding hydrogens is 310 g/mol. The number of amides is 4. The van der Waals surface area contributed by atoms with Crippen LogP contribution in [0.1, 0.15) is 17.3 Å². The summed E-state index contributed by atoms with van der Waals surface area (Å²) in [6.07, 6.45) is -1.18. The van der Waals surface area contributed by atoms with Crippen molar-refractivity contribution in [2.45, 2.75) is 17.9 Å². The maximum absolute atomic E-state index is 12.0. The molecule has 0 bridgehead atoms. The monoisotopic (exact) mass is 323 g/mol. The van der Waals surface area contributed by atoms with Crippen molar-refractivity contribution in [2.75, 3.05) is 11.1 Å². The number of thioether (sulfide) groups is 1. The number of anilines is 1. The van der Waals surface area contributed by atoms with Crippen molar-refractivity contribution in [3.63, 3.8) is 0 Å². The number of primary amides is 1. The van der Waals surface area contributed by atoms with Crippen molar-refractivity contribution in [2.24, 2.45) is 5.73 Å². The average Bonchev–Trinajstić information content (AvgIpc) is 2.45. The van der Waals surface area contributed by atoms with Crippen LogP contribution < -0.4 is 16.4 Å². The van der Waals surface area contributed by atoms with Gasteiger partial charge in [0.1, 0.15) is 0 Å². The average molecular weight is 323 g/mol. The minimum Gasteiger partial charge on any atom is -0.449 e. The number of esters is 1. The van der Waals surface area contributed by atoms with Crippen molar-refractivity contribution < 1.29 is 23.9 Å². The smallest absolute Gasteiger partial charge is 0.338 e. The van der Waals surface area contributed by atoms with Gasteiger partial charge < -0.3 is 15.8 Å². The highest BCUT2D eigenvalue weighted by molar-refractivity contribution is 8.00. The molecule has 2 rings (SSSR count). The molecule has 0 saturated carbocycles. The van der Waals surface area contributed by atoms with Crippen LogP contribution in [0.25, 0.3) is 0 Å². The van der Waals surface area contributed by atoms with E-state index in [1.165, 1.54) is 30.8 Å². The summed E-state index contributed by atoms with van der Waals surface area (Å²) in [5.41, 5.74) is 5.51. The highest BCUT2D eigenvalue weighted by Gasteiger charge is 2.22. The number of urea groups is 1. The van der Waals surface area contributed by atoms with Gasteiger partial charge in [-0.05, 0) is 25.1 Å². The van der Waals surface area contributed by atoms with Gasteiger partial charge in [-0.3, -0.25) is 14.9 Å². The van der Waals surface area contributed by atoms with Crippen LogP contribution in [0.2, 0.25) is 0 Å². The van der Waals surface area contributed by atoms with Gasteiger partial charge in [0.15, 0.2) is 6.10 Å². The number of imide groups is 1. The van der Waals surface area contributed by atoms with E-state index in [2.05, 4.69) is 5.32 Å². The molecule has 9 heteroatoms. The Morgan fingerprint density at radius 1 is 1.41 bits per heavy atom. The van der Waals surface area contributed by atoms with Crippen LogP contribution in [0.3, 0.4) is 0 Å². The maximum Gasteiger partial charge on any atom is 0.338 e. The van der Waals surface area contributed by atoms with E-state index in [9.17, 15) is 19.2 Å². The summed E-state index contributed by atoms with van der Waals surface area (Å²) in [4.78, 5) is 46.2. The summed E-state index contributed by atoms with van der Waals surface area (Å²) in [6.45, 7) is 1.31. The first kappa shape index (κ1) is 15.8. The normalized spacial score (nSPS) is 14.3. The Morgan fingerprint density at radius 3 is 2.82 bits per heavy atom. The number of ether oxygens (including phenoxy) is 1. The SMILES string of the molecule is CC(OC(=O)c1ccc2c(c1)NC(=O)CS2)C(=O)NC(N)=O. The van der Waals surface area contributed by atoms with E-state index in [-0.39, 0.29) is 11.5 Å². The van der Waals surface area contributed by atoms with Gasteiger partial charge in [-0.2, -0.15) is 0 Å².